The van der Waals surface area contributed by atoms with Crippen LogP contribution in [-0.2, 0) is 0 Å². The predicted molar refractivity (Wildman–Crippen MR) is 83.7 cm³/mol. The van der Waals surface area contributed by atoms with Crippen molar-refractivity contribution in [2.45, 2.75) is 18.6 Å². The summed E-state index contributed by atoms with van der Waals surface area (Å²) in [5.74, 6) is 1.62. The molecular formula is C16H18ClNO3. The Balaban J connectivity index is 2.03. The topological polar surface area (TPSA) is 75.7 Å². The molecule has 2 aromatic carbocycles. The normalized spacial score (nSPS) is 13.7. The van der Waals surface area contributed by atoms with Gasteiger partial charge in [0.2, 0.25) is 0 Å². The van der Waals surface area contributed by atoms with Crippen LogP contribution in [0.15, 0.2) is 48.5 Å². The van der Waals surface area contributed by atoms with E-state index in [4.69, 9.17) is 22.1 Å². The molecule has 0 saturated carbocycles. The van der Waals surface area contributed by atoms with Crippen molar-refractivity contribution in [3.05, 3.63) is 54.1 Å². The van der Waals surface area contributed by atoms with E-state index < -0.39 is 12.2 Å². The summed E-state index contributed by atoms with van der Waals surface area (Å²) >= 11 is 5.55. The van der Waals surface area contributed by atoms with E-state index in [0.29, 0.717) is 35.1 Å². The van der Waals surface area contributed by atoms with Gasteiger partial charge in [0, 0.05) is 11.6 Å². The number of aliphatic hydroxyl groups is 2. The van der Waals surface area contributed by atoms with Crippen LogP contribution in [0.3, 0.4) is 0 Å². The van der Waals surface area contributed by atoms with Crippen LogP contribution in [0.2, 0.25) is 0 Å². The quantitative estimate of drug-likeness (QED) is 0.566. The van der Waals surface area contributed by atoms with E-state index in [2.05, 4.69) is 0 Å². The highest BCUT2D eigenvalue weighted by molar-refractivity contribution is 6.17. The molecule has 0 amide bonds. The van der Waals surface area contributed by atoms with Crippen LogP contribution < -0.4 is 10.5 Å². The van der Waals surface area contributed by atoms with E-state index in [1.54, 1.807) is 48.5 Å². The Bertz CT molecular complexity index is 557. The van der Waals surface area contributed by atoms with Gasteiger partial charge in [0.05, 0.1) is 6.10 Å². The van der Waals surface area contributed by atoms with Crippen LogP contribution in [0.5, 0.6) is 11.5 Å². The number of alkyl halides is 1. The van der Waals surface area contributed by atoms with E-state index in [1.807, 2.05) is 0 Å². The van der Waals surface area contributed by atoms with Gasteiger partial charge in [-0.2, -0.15) is 0 Å². The van der Waals surface area contributed by atoms with Crippen molar-refractivity contribution in [1.82, 2.24) is 0 Å². The molecule has 21 heavy (non-hydrogen) atoms. The van der Waals surface area contributed by atoms with Crippen molar-refractivity contribution in [3.8, 4) is 11.5 Å². The molecule has 4 N–H and O–H groups in total. The molecule has 0 aromatic heterocycles. The standard InChI is InChI=1S/C16H18ClNO3/c17-10-9-15(19)16(20)11-1-5-13(6-2-11)21-14-7-3-12(18)4-8-14/h1-8,15-16,19-20H,9-10,18H2. The maximum absolute atomic E-state index is 9.97. The van der Waals surface area contributed by atoms with Gasteiger partial charge in [-0.25, -0.2) is 0 Å². The zero-order valence-corrected chi connectivity index (χ0v) is 12.2. The van der Waals surface area contributed by atoms with Gasteiger partial charge in [0.1, 0.15) is 17.6 Å². The Morgan fingerprint density at radius 3 is 2.00 bits per heavy atom. The minimum absolute atomic E-state index is 0.302. The van der Waals surface area contributed by atoms with Gasteiger partial charge in [-0.15, -0.1) is 11.6 Å². The van der Waals surface area contributed by atoms with Crippen molar-refractivity contribution >= 4 is 17.3 Å². The van der Waals surface area contributed by atoms with E-state index >= 15 is 0 Å². The molecule has 2 unspecified atom stereocenters. The smallest absolute Gasteiger partial charge is 0.127 e. The minimum atomic E-state index is -0.950. The summed E-state index contributed by atoms with van der Waals surface area (Å²) in [6.07, 6.45) is -1.48. The number of nitrogen functional groups attached to an aromatic ring is 1. The van der Waals surface area contributed by atoms with Gasteiger partial charge in [-0.3, -0.25) is 0 Å². The molecule has 2 atom stereocenters. The summed E-state index contributed by atoms with van der Waals surface area (Å²) in [5, 5.41) is 19.7. The van der Waals surface area contributed by atoms with E-state index in [1.165, 1.54) is 0 Å². The molecule has 2 aromatic rings. The number of ether oxygens (including phenoxy) is 1. The van der Waals surface area contributed by atoms with Crippen molar-refractivity contribution in [2.24, 2.45) is 0 Å². The highest BCUT2D eigenvalue weighted by atomic mass is 35.5. The second-order valence-electron chi connectivity index (χ2n) is 4.73. The molecule has 0 spiro atoms. The Labute approximate surface area is 128 Å². The Morgan fingerprint density at radius 1 is 0.952 bits per heavy atom. The molecule has 0 radical (unpaired) electrons. The highest BCUT2D eigenvalue weighted by Gasteiger charge is 2.17. The van der Waals surface area contributed by atoms with Crippen molar-refractivity contribution < 1.29 is 14.9 Å². The molecule has 0 fully saturated rings. The lowest BCUT2D eigenvalue weighted by Crippen LogP contribution is -2.18. The SMILES string of the molecule is Nc1ccc(Oc2ccc(C(O)C(O)CCCl)cc2)cc1. The third kappa shape index (κ3) is 4.36. The Hall–Kier alpha value is -1.75. The Kier molecular flexibility index (Phi) is 5.44. The van der Waals surface area contributed by atoms with Gasteiger partial charge in [0.15, 0.2) is 0 Å². The van der Waals surface area contributed by atoms with Crippen LogP contribution in [-0.4, -0.2) is 22.2 Å². The molecule has 2 rings (SSSR count). The lowest BCUT2D eigenvalue weighted by Gasteiger charge is -2.17. The van der Waals surface area contributed by atoms with E-state index in [0.717, 1.165) is 0 Å². The number of anilines is 1. The summed E-state index contributed by atoms with van der Waals surface area (Å²) in [7, 11) is 0. The van der Waals surface area contributed by atoms with Gasteiger partial charge in [-0.05, 0) is 48.4 Å². The summed E-state index contributed by atoms with van der Waals surface area (Å²) in [4.78, 5) is 0. The first-order valence-electron chi connectivity index (χ1n) is 6.65. The maximum atomic E-state index is 9.97. The summed E-state index contributed by atoms with van der Waals surface area (Å²) in [6, 6.07) is 14.0. The average Bonchev–Trinajstić information content (AvgIpc) is 2.50. The molecular weight excluding hydrogens is 290 g/mol. The van der Waals surface area contributed by atoms with Crippen LogP contribution >= 0.6 is 11.6 Å². The summed E-state index contributed by atoms with van der Waals surface area (Å²) in [6.45, 7) is 0. The second kappa shape index (κ2) is 7.31. The first kappa shape index (κ1) is 15.6. The number of nitrogens with two attached hydrogens (primary N) is 1. The fourth-order valence-electron chi connectivity index (χ4n) is 1.90. The van der Waals surface area contributed by atoms with Crippen LogP contribution in [0, 0.1) is 0 Å². The van der Waals surface area contributed by atoms with Crippen molar-refractivity contribution in [2.75, 3.05) is 11.6 Å². The van der Waals surface area contributed by atoms with Gasteiger partial charge in [-0.1, -0.05) is 12.1 Å². The third-order valence-corrected chi connectivity index (χ3v) is 3.32. The molecule has 0 aliphatic carbocycles. The number of rotatable bonds is 6. The zero-order valence-electron chi connectivity index (χ0n) is 11.4. The molecule has 0 aliphatic rings. The van der Waals surface area contributed by atoms with Gasteiger partial charge < -0.3 is 20.7 Å². The molecule has 0 bridgehead atoms. The minimum Gasteiger partial charge on any atom is -0.457 e. The second-order valence-corrected chi connectivity index (χ2v) is 5.11. The average molecular weight is 308 g/mol. The molecule has 0 heterocycles. The number of halogens is 1. The van der Waals surface area contributed by atoms with E-state index in [9.17, 15) is 10.2 Å². The van der Waals surface area contributed by atoms with Gasteiger partial charge in [0.25, 0.3) is 0 Å². The summed E-state index contributed by atoms with van der Waals surface area (Å²) < 4.78 is 5.66. The molecule has 112 valence electrons. The largest absolute Gasteiger partial charge is 0.457 e. The van der Waals surface area contributed by atoms with Crippen LogP contribution in [0.4, 0.5) is 5.69 Å². The Morgan fingerprint density at radius 2 is 1.48 bits per heavy atom. The molecule has 5 heteroatoms. The lowest BCUT2D eigenvalue weighted by atomic mass is 10.0. The van der Waals surface area contributed by atoms with Crippen LogP contribution in [0.25, 0.3) is 0 Å². The number of hydrogen-bond acceptors (Lipinski definition) is 4. The summed E-state index contributed by atoms with van der Waals surface area (Å²) in [5.41, 5.74) is 6.91. The fourth-order valence-corrected chi connectivity index (χ4v) is 2.12. The van der Waals surface area contributed by atoms with Crippen molar-refractivity contribution in [3.63, 3.8) is 0 Å². The van der Waals surface area contributed by atoms with Gasteiger partial charge >= 0.3 is 0 Å². The first-order valence-corrected chi connectivity index (χ1v) is 7.19. The lowest BCUT2D eigenvalue weighted by molar-refractivity contribution is 0.0170. The number of aliphatic hydroxyl groups excluding tert-OH is 2. The molecule has 0 aliphatic heterocycles. The monoisotopic (exact) mass is 307 g/mol. The molecule has 0 saturated heterocycles. The fraction of sp³-hybridized carbons (Fsp3) is 0.250. The van der Waals surface area contributed by atoms with Crippen LogP contribution in [0.1, 0.15) is 18.1 Å². The van der Waals surface area contributed by atoms with Crippen molar-refractivity contribution in [1.29, 1.82) is 0 Å². The number of hydrogen-bond donors (Lipinski definition) is 3. The predicted octanol–water partition coefficient (Wildman–Crippen LogP) is 3.08. The number of benzene rings is 2. The highest BCUT2D eigenvalue weighted by Crippen LogP contribution is 2.25. The molecule has 4 nitrogen and oxygen atoms in total. The zero-order chi connectivity index (χ0) is 15.2. The third-order valence-electron chi connectivity index (χ3n) is 3.11. The van der Waals surface area contributed by atoms with E-state index in [-0.39, 0.29) is 0 Å². The maximum Gasteiger partial charge on any atom is 0.127 e. The first-order chi connectivity index (χ1) is 10.1.